The van der Waals surface area contributed by atoms with Crippen LogP contribution >= 0.6 is 11.3 Å². The van der Waals surface area contributed by atoms with Gasteiger partial charge in [0.25, 0.3) is 5.56 Å². The molecule has 20 heavy (non-hydrogen) atoms. The van der Waals surface area contributed by atoms with Crippen LogP contribution < -0.4 is 10.9 Å². The van der Waals surface area contributed by atoms with Crippen molar-refractivity contribution in [1.29, 1.82) is 0 Å². The zero-order valence-corrected chi connectivity index (χ0v) is 12.8. The number of piperazine rings is 1. The van der Waals surface area contributed by atoms with E-state index < -0.39 is 0 Å². The second kappa shape index (κ2) is 5.23. The number of aryl methyl sites for hydroxylation is 1. The van der Waals surface area contributed by atoms with Gasteiger partial charge in [0, 0.05) is 36.9 Å². The molecule has 0 aliphatic carbocycles. The molecule has 0 amide bonds. The fourth-order valence-electron chi connectivity index (χ4n) is 2.78. The summed E-state index contributed by atoms with van der Waals surface area (Å²) in [5, 5.41) is 8.85. The Morgan fingerprint density at radius 2 is 2.10 bits per heavy atom. The van der Waals surface area contributed by atoms with Gasteiger partial charge in [-0.3, -0.25) is 9.69 Å². The Morgan fingerprint density at radius 1 is 1.40 bits per heavy atom. The van der Waals surface area contributed by atoms with Crippen molar-refractivity contribution in [3.8, 4) is 0 Å². The third kappa shape index (κ3) is 2.74. The van der Waals surface area contributed by atoms with Crippen LogP contribution in [0.15, 0.2) is 10.9 Å². The van der Waals surface area contributed by atoms with E-state index in [0.717, 1.165) is 30.3 Å². The first-order chi connectivity index (χ1) is 9.51. The molecule has 1 N–H and O–H groups in total. The summed E-state index contributed by atoms with van der Waals surface area (Å²) in [7, 11) is 0. The van der Waals surface area contributed by atoms with Crippen molar-refractivity contribution in [3.63, 3.8) is 0 Å². The van der Waals surface area contributed by atoms with Crippen molar-refractivity contribution in [2.24, 2.45) is 0 Å². The second-order valence-electron chi connectivity index (χ2n) is 5.59. The maximum atomic E-state index is 11.9. The number of rotatable bonds is 2. The minimum absolute atomic E-state index is 0.1000. The number of nitrogens with zero attached hydrogens (tertiary/aromatic N) is 4. The van der Waals surface area contributed by atoms with Gasteiger partial charge in [-0.1, -0.05) is 11.3 Å². The van der Waals surface area contributed by atoms with Crippen molar-refractivity contribution >= 4 is 16.3 Å². The van der Waals surface area contributed by atoms with Gasteiger partial charge in [-0.05, 0) is 20.8 Å². The van der Waals surface area contributed by atoms with Gasteiger partial charge in [0.2, 0.25) is 4.96 Å². The van der Waals surface area contributed by atoms with Crippen LogP contribution in [0.2, 0.25) is 0 Å². The van der Waals surface area contributed by atoms with E-state index in [0.29, 0.717) is 17.0 Å². The van der Waals surface area contributed by atoms with Crippen LogP contribution in [0.3, 0.4) is 0 Å². The Balaban J connectivity index is 1.84. The van der Waals surface area contributed by atoms with Crippen LogP contribution in [-0.2, 0) is 6.54 Å². The number of hydrogen-bond donors (Lipinski definition) is 1. The molecule has 2 unspecified atom stereocenters. The van der Waals surface area contributed by atoms with Crippen LogP contribution in [0.1, 0.15) is 24.5 Å². The smallest absolute Gasteiger partial charge is 0.275 e. The topological polar surface area (TPSA) is 62.5 Å². The van der Waals surface area contributed by atoms with E-state index in [4.69, 9.17) is 0 Å². The number of aromatic nitrogens is 3. The molecule has 0 spiro atoms. The summed E-state index contributed by atoms with van der Waals surface area (Å²) in [6.45, 7) is 9.00. The van der Waals surface area contributed by atoms with E-state index in [1.54, 1.807) is 0 Å². The van der Waals surface area contributed by atoms with E-state index in [9.17, 15) is 4.79 Å². The molecule has 0 aromatic carbocycles. The van der Waals surface area contributed by atoms with Crippen molar-refractivity contribution in [3.05, 3.63) is 27.1 Å². The normalized spacial score (nSPS) is 24.4. The van der Waals surface area contributed by atoms with Crippen LogP contribution in [0.5, 0.6) is 0 Å². The first kappa shape index (κ1) is 13.7. The Labute approximate surface area is 121 Å². The highest BCUT2D eigenvalue weighted by Crippen LogP contribution is 2.15. The predicted molar refractivity (Wildman–Crippen MR) is 79.2 cm³/mol. The van der Waals surface area contributed by atoms with Gasteiger partial charge in [0.1, 0.15) is 5.01 Å². The van der Waals surface area contributed by atoms with Crippen molar-refractivity contribution in [2.45, 2.75) is 39.4 Å². The van der Waals surface area contributed by atoms with Gasteiger partial charge in [-0.15, -0.1) is 0 Å². The lowest BCUT2D eigenvalue weighted by atomic mass is 10.1. The van der Waals surface area contributed by atoms with Crippen LogP contribution in [0.4, 0.5) is 0 Å². The predicted octanol–water partition coefficient (Wildman–Crippen LogP) is 0.642. The lowest BCUT2D eigenvalue weighted by Crippen LogP contribution is -2.53. The summed E-state index contributed by atoms with van der Waals surface area (Å²) in [6.07, 6.45) is 0. The highest BCUT2D eigenvalue weighted by atomic mass is 32.1. The molecule has 6 nitrogen and oxygen atoms in total. The zero-order valence-electron chi connectivity index (χ0n) is 12.0. The van der Waals surface area contributed by atoms with E-state index in [2.05, 4.69) is 34.1 Å². The quantitative estimate of drug-likeness (QED) is 0.880. The van der Waals surface area contributed by atoms with Gasteiger partial charge in [0.15, 0.2) is 0 Å². The second-order valence-corrected chi connectivity index (χ2v) is 6.63. The Hall–Kier alpha value is -1.31. The zero-order chi connectivity index (χ0) is 14.3. The molecule has 1 saturated heterocycles. The molecule has 7 heteroatoms. The minimum Gasteiger partial charge on any atom is -0.309 e. The monoisotopic (exact) mass is 293 g/mol. The molecule has 0 saturated carbocycles. The third-order valence-electron chi connectivity index (χ3n) is 3.41. The summed E-state index contributed by atoms with van der Waals surface area (Å²) in [5.74, 6) is 0. The average Bonchev–Trinajstić information content (AvgIpc) is 2.70. The average molecular weight is 293 g/mol. The first-order valence-corrected chi connectivity index (χ1v) is 7.68. The Morgan fingerprint density at radius 3 is 2.80 bits per heavy atom. The van der Waals surface area contributed by atoms with Gasteiger partial charge in [-0.2, -0.15) is 9.61 Å². The molecular formula is C13H19N5OS. The highest BCUT2D eigenvalue weighted by molar-refractivity contribution is 7.16. The summed E-state index contributed by atoms with van der Waals surface area (Å²) in [5.41, 5.74) is 0.645. The fourth-order valence-corrected chi connectivity index (χ4v) is 3.77. The number of hydrogen-bond acceptors (Lipinski definition) is 6. The van der Waals surface area contributed by atoms with E-state index >= 15 is 0 Å². The summed E-state index contributed by atoms with van der Waals surface area (Å²) in [6, 6.07) is 2.48. The van der Waals surface area contributed by atoms with Gasteiger partial charge in [-0.25, -0.2) is 4.98 Å². The molecule has 1 aliphatic heterocycles. The van der Waals surface area contributed by atoms with Gasteiger partial charge in [0.05, 0.1) is 6.54 Å². The maximum absolute atomic E-state index is 11.9. The SMILES string of the molecule is Cc1cc(=O)n2nc(CN3CC(C)NC(C)C3)sc2n1. The summed E-state index contributed by atoms with van der Waals surface area (Å²) in [4.78, 5) is 19.3. The molecule has 0 bridgehead atoms. The van der Waals surface area contributed by atoms with Crippen LogP contribution in [0, 0.1) is 6.92 Å². The molecule has 1 fully saturated rings. The minimum atomic E-state index is -0.1000. The van der Waals surface area contributed by atoms with Crippen molar-refractivity contribution in [2.75, 3.05) is 13.1 Å². The molecule has 2 atom stereocenters. The number of nitrogens with one attached hydrogen (secondary N) is 1. The largest absolute Gasteiger partial charge is 0.309 e. The van der Waals surface area contributed by atoms with Crippen molar-refractivity contribution in [1.82, 2.24) is 24.8 Å². The third-order valence-corrected chi connectivity index (χ3v) is 4.30. The van der Waals surface area contributed by atoms with Gasteiger partial charge >= 0.3 is 0 Å². The molecule has 108 valence electrons. The van der Waals surface area contributed by atoms with Crippen LogP contribution in [0.25, 0.3) is 4.96 Å². The molecule has 0 radical (unpaired) electrons. The van der Waals surface area contributed by atoms with E-state index in [1.165, 1.54) is 21.9 Å². The molecule has 2 aromatic rings. The van der Waals surface area contributed by atoms with Crippen molar-refractivity contribution < 1.29 is 0 Å². The fraction of sp³-hybridized carbons (Fsp3) is 0.615. The molecular weight excluding hydrogens is 274 g/mol. The standard InChI is InChI=1S/C13H19N5OS/c1-8-4-12(19)18-13(15-8)20-11(16-18)7-17-5-9(2)14-10(3)6-17/h4,9-10,14H,5-7H2,1-3H3. The number of fused-ring (bicyclic) bond motifs is 1. The molecule has 3 rings (SSSR count). The molecule has 1 aliphatic rings. The Kier molecular flexibility index (Phi) is 3.57. The Bertz CT molecular complexity index is 669. The lowest BCUT2D eigenvalue weighted by Gasteiger charge is -2.35. The van der Waals surface area contributed by atoms with E-state index in [-0.39, 0.29) is 5.56 Å². The molecule has 2 aromatic heterocycles. The first-order valence-electron chi connectivity index (χ1n) is 6.86. The lowest BCUT2D eigenvalue weighted by molar-refractivity contribution is 0.166. The summed E-state index contributed by atoms with van der Waals surface area (Å²) >= 11 is 1.50. The maximum Gasteiger partial charge on any atom is 0.275 e. The van der Waals surface area contributed by atoms with Gasteiger partial charge < -0.3 is 5.32 Å². The van der Waals surface area contributed by atoms with E-state index in [1.807, 2.05) is 6.92 Å². The molecule has 3 heterocycles. The summed E-state index contributed by atoms with van der Waals surface area (Å²) < 4.78 is 1.40. The highest BCUT2D eigenvalue weighted by Gasteiger charge is 2.22. The van der Waals surface area contributed by atoms with Crippen LogP contribution in [-0.4, -0.2) is 44.7 Å².